The third-order valence-electron chi connectivity index (χ3n) is 3.90. The number of para-hydroxylation sites is 2. The van der Waals surface area contributed by atoms with Crippen molar-refractivity contribution in [1.82, 2.24) is 9.78 Å². The van der Waals surface area contributed by atoms with Crippen LogP contribution in [-0.2, 0) is 6.54 Å². The average Bonchev–Trinajstić information content (AvgIpc) is 3.10. The van der Waals surface area contributed by atoms with Gasteiger partial charge in [-0.25, -0.2) is 4.68 Å². The van der Waals surface area contributed by atoms with E-state index in [1.54, 1.807) is 6.20 Å². The molecule has 0 unspecified atom stereocenters. The van der Waals surface area contributed by atoms with Crippen LogP contribution in [0.3, 0.4) is 0 Å². The van der Waals surface area contributed by atoms with Crippen LogP contribution in [0, 0.1) is 0 Å². The third-order valence-corrected chi connectivity index (χ3v) is 3.90. The van der Waals surface area contributed by atoms with Crippen molar-refractivity contribution in [2.75, 3.05) is 18.1 Å². The van der Waals surface area contributed by atoms with Crippen molar-refractivity contribution in [2.45, 2.75) is 6.54 Å². The topological polar surface area (TPSA) is 30.3 Å². The fourth-order valence-corrected chi connectivity index (χ4v) is 2.79. The van der Waals surface area contributed by atoms with Gasteiger partial charge in [0, 0.05) is 18.9 Å². The number of aromatic nitrogens is 2. The van der Waals surface area contributed by atoms with Gasteiger partial charge in [-0.15, -0.1) is 0 Å². The summed E-state index contributed by atoms with van der Waals surface area (Å²) in [6, 6.07) is 18.7. The Labute approximate surface area is 129 Å². The van der Waals surface area contributed by atoms with Gasteiger partial charge in [0.05, 0.1) is 17.9 Å². The van der Waals surface area contributed by atoms with Crippen LogP contribution in [0.5, 0.6) is 5.75 Å². The normalized spacial score (nSPS) is 13.5. The largest absolute Gasteiger partial charge is 0.490 e. The summed E-state index contributed by atoms with van der Waals surface area (Å²) in [6.45, 7) is 2.54. The van der Waals surface area contributed by atoms with E-state index in [2.05, 4.69) is 46.4 Å². The van der Waals surface area contributed by atoms with E-state index in [1.807, 2.05) is 29.1 Å². The van der Waals surface area contributed by atoms with Gasteiger partial charge in [-0.3, -0.25) is 0 Å². The van der Waals surface area contributed by atoms with E-state index in [1.165, 1.54) is 11.3 Å². The zero-order chi connectivity index (χ0) is 14.8. The van der Waals surface area contributed by atoms with Crippen LogP contribution in [0.2, 0.25) is 0 Å². The van der Waals surface area contributed by atoms with Gasteiger partial charge < -0.3 is 9.64 Å². The summed E-state index contributed by atoms with van der Waals surface area (Å²) >= 11 is 0. The van der Waals surface area contributed by atoms with E-state index in [0.717, 1.165) is 31.1 Å². The maximum Gasteiger partial charge on any atom is 0.142 e. The van der Waals surface area contributed by atoms with Crippen molar-refractivity contribution in [3.63, 3.8) is 0 Å². The molecule has 110 valence electrons. The second kappa shape index (κ2) is 5.56. The fourth-order valence-electron chi connectivity index (χ4n) is 2.79. The summed E-state index contributed by atoms with van der Waals surface area (Å²) in [5.41, 5.74) is 3.54. The maximum atomic E-state index is 5.71. The maximum absolute atomic E-state index is 5.71. The predicted molar refractivity (Wildman–Crippen MR) is 86.6 cm³/mol. The molecule has 0 N–H and O–H groups in total. The minimum Gasteiger partial charge on any atom is -0.490 e. The molecule has 1 aliphatic heterocycles. The summed E-state index contributed by atoms with van der Waals surface area (Å²) in [6.07, 6.45) is 3.74. The molecule has 2 heterocycles. The first-order valence-electron chi connectivity index (χ1n) is 7.46. The minimum absolute atomic E-state index is 0.738. The fraction of sp³-hybridized carbons (Fsp3) is 0.167. The lowest BCUT2D eigenvalue weighted by atomic mass is 10.1. The highest BCUT2D eigenvalue weighted by molar-refractivity contribution is 5.60. The molecule has 0 radical (unpaired) electrons. The predicted octanol–water partition coefficient (Wildman–Crippen LogP) is 3.27. The van der Waals surface area contributed by atoms with Gasteiger partial charge in [-0.2, -0.15) is 5.10 Å². The number of hydrogen-bond acceptors (Lipinski definition) is 3. The lowest BCUT2D eigenvalue weighted by molar-refractivity contribution is 0.307. The second-order valence-electron chi connectivity index (χ2n) is 5.35. The molecule has 4 nitrogen and oxygen atoms in total. The average molecular weight is 291 g/mol. The number of benzene rings is 2. The van der Waals surface area contributed by atoms with Crippen LogP contribution in [-0.4, -0.2) is 22.9 Å². The highest BCUT2D eigenvalue weighted by Gasteiger charge is 2.17. The van der Waals surface area contributed by atoms with Gasteiger partial charge in [0.1, 0.15) is 12.4 Å². The molecule has 4 rings (SSSR count). The first-order chi connectivity index (χ1) is 10.9. The number of fused-ring (bicyclic) bond motifs is 1. The number of hydrogen-bond donors (Lipinski definition) is 0. The highest BCUT2D eigenvalue weighted by atomic mass is 16.5. The third kappa shape index (κ3) is 2.44. The molecular weight excluding hydrogens is 274 g/mol. The number of nitrogens with zero attached hydrogens (tertiary/aromatic N) is 3. The molecule has 1 aliphatic rings. The van der Waals surface area contributed by atoms with Gasteiger partial charge in [-0.05, 0) is 35.9 Å². The Balaban J connectivity index is 1.55. The Kier molecular flexibility index (Phi) is 3.27. The summed E-state index contributed by atoms with van der Waals surface area (Å²) < 4.78 is 7.58. The lowest BCUT2D eigenvalue weighted by Crippen LogP contribution is -2.32. The zero-order valence-corrected chi connectivity index (χ0v) is 12.2. The molecule has 0 saturated carbocycles. The number of anilines is 1. The molecule has 0 atom stereocenters. The van der Waals surface area contributed by atoms with Crippen LogP contribution in [0.15, 0.2) is 67.0 Å². The Hall–Kier alpha value is -2.75. The van der Waals surface area contributed by atoms with E-state index < -0.39 is 0 Å². The molecule has 0 saturated heterocycles. The monoisotopic (exact) mass is 291 g/mol. The molecule has 0 aliphatic carbocycles. The van der Waals surface area contributed by atoms with Crippen LogP contribution >= 0.6 is 0 Å². The van der Waals surface area contributed by atoms with E-state index in [4.69, 9.17) is 4.74 Å². The highest BCUT2D eigenvalue weighted by Crippen LogP contribution is 2.31. The van der Waals surface area contributed by atoms with Crippen molar-refractivity contribution in [3.8, 4) is 11.4 Å². The Morgan fingerprint density at radius 1 is 1.00 bits per heavy atom. The molecule has 0 amide bonds. The van der Waals surface area contributed by atoms with Crippen LogP contribution in [0.4, 0.5) is 5.69 Å². The molecule has 0 spiro atoms. The van der Waals surface area contributed by atoms with Gasteiger partial charge >= 0.3 is 0 Å². The lowest BCUT2D eigenvalue weighted by Gasteiger charge is -2.31. The van der Waals surface area contributed by atoms with E-state index >= 15 is 0 Å². The molecule has 4 heteroatoms. The number of rotatable bonds is 3. The summed E-state index contributed by atoms with van der Waals surface area (Å²) in [4.78, 5) is 2.36. The van der Waals surface area contributed by atoms with Crippen molar-refractivity contribution in [2.24, 2.45) is 0 Å². The zero-order valence-electron chi connectivity index (χ0n) is 12.2. The van der Waals surface area contributed by atoms with Crippen LogP contribution in [0.1, 0.15) is 5.56 Å². The Morgan fingerprint density at radius 3 is 2.68 bits per heavy atom. The second-order valence-corrected chi connectivity index (χ2v) is 5.35. The van der Waals surface area contributed by atoms with E-state index in [9.17, 15) is 0 Å². The summed E-state index contributed by atoms with van der Waals surface area (Å²) in [5, 5.41) is 4.25. The van der Waals surface area contributed by atoms with Crippen LogP contribution < -0.4 is 9.64 Å². The van der Waals surface area contributed by atoms with Gasteiger partial charge in [0.25, 0.3) is 0 Å². The first-order valence-corrected chi connectivity index (χ1v) is 7.46. The summed E-state index contributed by atoms with van der Waals surface area (Å²) in [5.74, 6) is 0.974. The van der Waals surface area contributed by atoms with Crippen LogP contribution in [0.25, 0.3) is 5.69 Å². The Morgan fingerprint density at radius 2 is 1.86 bits per heavy atom. The molecule has 22 heavy (non-hydrogen) atoms. The molecule has 0 fully saturated rings. The Bertz CT molecular complexity index is 750. The molecule has 1 aromatic heterocycles. The molecule has 3 aromatic rings. The van der Waals surface area contributed by atoms with Gasteiger partial charge in [0.15, 0.2) is 0 Å². The number of ether oxygens (including phenoxy) is 1. The molecular formula is C18H17N3O. The van der Waals surface area contributed by atoms with Crippen molar-refractivity contribution in [3.05, 3.63) is 72.6 Å². The smallest absolute Gasteiger partial charge is 0.142 e. The van der Waals surface area contributed by atoms with Crippen molar-refractivity contribution >= 4 is 5.69 Å². The standard InChI is InChI=1S/C18H17N3O/c1-2-5-18-17(4-1)20(12-13-22-18)14-15-6-8-16(9-7-15)21-11-3-10-19-21/h1-11H,12-14H2. The van der Waals surface area contributed by atoms with Crippen molar-refractivity contribution in [1.29, 1.82) is 0 Å². The summed E-state index contributed by atoms with van der Waals surface area (Å²) in [7, 11) is 0. The minimum atomic E-state index is 0.738. The SMILES string of the molecule is c1ccc2c(c1)OCCN2Cc1ccc(-n2cccn2)cc1. The first kappa shape index (κ1) is 13.0. The van der Waals surface area contributed by atoms with Gasteiger partial charge in [0.2, 0.25) is 0 Å². The quantitative estimate of drug-likeness (QED) is 0.742. The van der Waals surface area contributed by atoms with E-state index in [-0.39, 0.29) is 0 Å². The van der Waals surface area contributed by atoms with Gasteiger partial charge in [-0.1, -0.05) is 24.3 Å². The molecule has 0 bridgehead atoms. The van der Waals surface area contributed by atoms with E-state index in [0.29, 0.717) is 0 Å². The van der Waals surface area contributed by atoms with Crippen molar-refractivity contribution < 1.29 is 4.74 Å². The molecule has 2 aromatic carbocycles.